The van der Waals surface area contributed by atoms with Crippen molar-refractivity contribution in [2.24, 2.45) is 0 Å². The van der Waals surface area contributed by atoms with Gasteiger partial charge in [-0.15, -0.1) is 0 Å². The molecule has 1 unspecified atom stereocenters. The van der Waals surface area contributed by atoms with Gasteiger partial charge in [-0.1, -0.05) is 0 Å². The Bertz CT molecular complexity index is 77.5. The number of hydrazine groups is 1. The van der Waals surface area contributed by atoms with Crippen LogP contribution in [-0.2, 0) is 0 Å². The van der Waals surface area contributed by atoms with E-state index in [9.17, 15) is 0 Å². The van der Waals surface area contributed by atoms with Crippen molar-refractivity contribution in [2.45, 2.75) is 32.7 Å². The van der Waals surface area contributed by atoms with E-state index in [1.165, 1.54) is 0 Å². The maximum absolute atomic E-state index is 8.98. The summed E-state index contributed by atoms with van der Waals surface area (Å²) in [7, 11) is 0. The van der Waals surface area contributed by atoms with Crippen LogP contribution in [0.1, 0.15) is 20.8 Å². The fourth-order valence-corrected chi connectivity index (χ4v) is 0.281. The van der Waals surface area contributed by atoms with Crippen LogP contribution >= 0.6 is 0 Å². The standard InChI is InChI=1S/C5H14N2O2/c1-4(8)6-7-5(2,3)9/h4,6-9H,1-3H3. The Morgan fingerprint density at radius 3 is 2.00 bits per heavy atom. The molecule has 0 fully saturated rings. The van der Waals surface area contributed by atoms with Gasteiger partial charge in [0.1, 0.15) is 12.0 Å². The van der Waals surface area contributed by atoms with Gasteiger partial charge in [0.15, 0.2) is 0 Å². The van der Waals surface area contributed by atoms with Crippen molar-refractivity contribution < 1.29 is 10.2 Å². The number of hydrogen-bond donors (Lipinski definition) is 4. The molecule has 0 amide bonds. The number of hydrogen-bond acceptors (Lipinski definition) is 4. The highest BCUT2D eigenvalue weighted by atomic mass is 16.3. The molecule has 0 aliphatic carbocycles. The third-order valence-corrected chi connectivity index (χ3v) is 0.587. The molecule has 0 rings (SSSR count). The number of nitrogens with one attached hydrogen (secondary N) is 2. The van der Waals surface area contributed by atoms with Crippen LogP contribution in [0.2, 0.25) is 0 Å². The van der Waals surface area contributed by atoms with Crippen LogP contribution in [0.4, 0.5) is 0 Å². The molecule has 9 heavy (non-hydrogen) atoms. The van der Waals surface area contributed by atoms with Crippen LogP contribution in [0.25, 0.3) is 0 Å². The van der Waals surface area contributed by atoms with Crippen molar-refractivity contribution in [1.29, 1.82) is 0 Å². The van der Waals surface area contributed by atoms with Gasteiger partial charge >= 0.3 is 0 Å². The summed E-state index contributed by atoms with van der Waals surface area (Å²) in [4.78, 5) is 0. The normalized spacial score (nSPS) is 15.7. The maximum Gasteiger partial charge on any atom is 0.122 e. The van der Waals surface area contributed by atoms with E-state index in [1.54, 1.807) is 20.8 Å². The second kappa shape index (κ2) is 3.12. The predicted molar refractivity (Wildman–Crippen MR) is 34.2 cm³/mol. The van der Waals surface area contributed by atoms with Gasteiger partial charge in [0.25, 0.3) is 0 Å². The van der Waals surface area contributed by atoms with E-state index in [-0.39, 0.29) is 0 Å². The first-order valence-electron chi connectivity index (χ1n) is 2.85. The average Bonchev–Trinajstić information content (AvgIpc) is 1.59. The molecule has 4 N–H and O–H groups in total. The highest BCUT2D eigenvalue weighted by Crippen LogP contribution is 1.90. The van der Waals surface area contributed by atoms with Crippen LogP contribution < -0.4 is 10.9 Å². The van der Waals surface area contributed by atoms with Gasteiger partial charge in [0.05, 0.1) is 0 Å². The lowest BCUT2D eigenvalue weighted by Gasteiger charge is -2.20. The fourth-order valence-electron chi connectivity index (χ4n) is 0.281. The number of aliphatic hydroxyl groups is 2. The monoisotopic (exact) mass is 134 g/mol. The van der Waals surface area contributed by atoms with Crippen molar-refractivity contribution in [1.82, 2.24) is 10.9 Å². The van der Waals surface area contributed by atoms with Crippen LogP contribution in [0.3, 0.4) is 0 Å². The molecule has 0 aromatic heterocycles. The maximum atomic E-state index is 8.98. The van der Waals surface area contributed by atoms with Gasteiger partial charge in [-0.05, 0) is 20.8 Å². The van der Waals surface area contributed by atoms with Crippen LogP contribution in [0, 0.1) is 0 Å². The number of aliphatic hydroxyl groups excluding tert-OH is 1. The third kappa shape index (κ3) is 7.84. The Balaban J connectivity index is 3.28. The molecule has 56 valence electrons. The molecule has 0 spiro atoms. The Morgan fingerprint density at radius 2 is 1.89 bits per heavy atom. The summed E-state index contributed by atoms with van der Waals surface area (Å²) in [5, 5.41) is 17.6. The van der Waals surface area contributed by atoms with E-state index in [1.807, 2.05) is 0 Å². The molecule has 0 radical (unpaired) electrons. The zero-order chi connectivity index (χ0) is 7.49. The Morgan fingerprint density at radius 1 is 1.44 bits per heavy atom. The summed E-state index contributed by atoms with van der Waals surface area (Å²) < 4.78 is 0. The minimum absolute atomic E-state index is 0.656. The van der Waals surface area contributed by atoms with E-state index in [0.717, 1.165) is 0 Å². The molecule has 0 aromatic rings. The predicted octanol–water partition coefficient (Wildman–Crippen LogP) is -0.853. The highest BCUT2D eigenvalue weighted by Gasteiger charge is 2.10. The molecule has 0 saturated heterocycles. The smallest absolute Gasteiger partial charge is 0.122 e. The Labute approximate surface area is 54.9 Å². The van der Waals surface area contributed by atoms with E-state index in [0.29, 0.717) is 0 Å². The van der Waals surface area contributed by atoms with Gasteiger partial charge in [-0.3, -0.25) is 0 Å². The summed E-state index contributed by atoms with van der Waals surface area (Å²) in [6.45, 7) is 4.70. The van der Waals surface area contributed by atoms with Gasteiger partial charge in [-0.2, -0.15) is 0 Å². The molecule has 0 heterocycles. The van der Waals surface area contributed by atoms with Crippen LogP contribution in [0.15, 0.2) is 0 Å². The molecule has 4 nitrogen and oxygen atoms in total. The quantitative estimate of drug-likeness (QED) is 0.300. The summed E-state index contributed by atoms with van der Waals surface area (Å²) in [5.74, 6) is 0. The van der Waals surface area contributed by atoms with Crippen molar-refractivity contribution >= 4 is 0 Å². The Kier molecular flexibility index (Phi) is 3.07. The van der Waals surface area contributed by atoms with E-state index in [4.69, 9.17) is 10.2 Å². The molecule has 0 aliphatic heterocycles. The topological polar surface area (TPSA) is 64.5 Å². The van der Waals surface area contributed by atoms with Gasteiger partial charge < -0.3 is 10.2 Å². The van der Waals surface area contributed by atoms with Gasteiger partial charge in [0.2, 0.25) is 0 Å². The van der Waals surface area contributed by atoms with E-state index < -0.39 is 12.0 Å². The van der Waals surface area contributed by atoms with Gasteiger partial charge in [-0.25, -0.2) is 10.9 Å². The molecule has 0 aromatic carbocycles. The molecule has 0 aliphatic rings. The second-order valence-electron chi connectivity index (χ2n) is 2.50. The van der Waals surface area contributed by atoms with Crippen LogP contribution in [-0.4, -0.2) is 22.2 Å². The molecule has 0 saturated carbocycles. The lowest BCUT2D eigenvalue weighted by Crippen LogP contribution is -2.51. The lowest BCUT2D eigenvalue weighted by atomic mass is 10.3. The SMILES string of the molecule is CC(O)NNC(C)(C)O. The summed E-state index contributed by atoms with van der Waals surface area (Å²) >= 11 is 0. The first-order valence-corrected chi connectivity index (χ1v) is 2.85. The minimum atomic E-state index is -0.989. The lowest BCUT2D eigenvalue weighted by molar-refractivity contribution is 0.000719. The fraction of sp³-hybridized carbons (Fsp3) is 1.00. The zero-order valence-corrected chi connectivity index (χ0v) is 5.97. The van der Waals surface area contributed by atoms with E-state index >= 15 is 0 Å². The molecular weight excluding hydrogens is 120 g/mol. The molecular formula is C5H14N2O2. The van der Waals surface area contributed by atoms with Crippen molar-refractivity contribution in [3.63, 3.8) is 0 Å². The number of rotatable bonds is 3. The summed E-state index contributed by atoms with van der Waals surface area (Å²) in [6.07, 6.45) is -0.656. The minimum Gasteiger partial charge on any atom is -0.378 e. The van der Waals surface area contributed by atoms with Gasteiger partial charge in [0, 0.05) is 0 Å². The average molecular weight is 134 g/mol. The van der Waals surface area contributed by atoms with Crippen molar-refractivity contribution in [2.75, 3.05) is 0 Å². The van der Waals surface area contributed by atoms with E-state index in [2.05, 4.69) is 10.9 Å². The van der Waals surface area contributed by atoms with Crippen LogP contribution in [0.5, 0.6) is 0 Å². The highest BCUT2D eigenvalue weighted by molar-refractivity contribution is 4.56. The second-order valence-corrected chi connectivity index (χ2v) is 2.50. The zero-order valence-electron chi connectivity index (χ0n) is 5.97. The molecule has 1 atom stereocenters. The Hall–Kier alpha value is -0.160. The first-order chi connectivity index (χ1) is 3.92. The molecule has 0 bridgehead atoms. The largest absolute Gasteiger partial charge is 0.378 e. The molecule has 4 heteroatoms. The third-order valence-electron chi connectivity index (χ3n) is 0.587. The summed E-state index contributed by atoms with van der Waals surface area (Å²) in [6, 6.07) is 0. The van der Waals surface area contributed by atoms with Crippen molar-refractivity contribution in [3.05, 3.63) is 0 Å². The summed E-state index contributed by atoms with van der Waals surface area (Å²) in [5.41, 5.74) is 3.93. The first kappa shape index (κ1) is 8.84. The van der Waals surface area contributed by atoms with Crippen molar-refractivity contribution in [3.8, 4) is 0 Å².